The summed E-state index contributed by atoms with van der Waals surface area (Å²) in [6, 6.07) is 6.99. The van der Waals surface area contributed by atoms with Crippen LogP contribution in [0.15, 0.2) is 54.7 Å². The Morgan fingerprint density at radius 2 is 1.88 bits per heavy atom. The van der Waals surface area contributed by atoms with Gasteiger partial charge in [-0.1, -0.05) is 24.3 Å². The Morgan fingerprint density at radius 3 is 2.68 bits per heavy atom. The standard InChI is InChI=1S/C41H44FN7O9S2/c42-25-10-6-8-23(18-25)34-45-32-29-13-7-16-43-37(29)59-33(32)36(46-34)57-27-19-31-35(50)47-41(39(52)48-60(54,55)28-14-15-28)20-24(41)9-2-1-5-17-56-22-30(38(51)49(31)21-27)44-40(53)58-26-11-3-4-12-26/h2,6-10,13,16,18,24,26-28,30-31H,1,3-5,11-12,14-15,17,19-22H2,(H,44,53)(H,47,50)(H,48,52)/t24-,27-,30+,31+,41-/m1/s1. The van der Waals surface area contributed by atoms with Crippen LogP contribution in [-0.4, -0.2) is 107 Å². The van der Waals surface area contributed by atoms with Gasteiger partial charge in [-0.15, -0.1) is 11.3 Å². The number of carbonyl (C=O) groups excluding carboxylic acids is 4. The van der Waals surface area contributed by atoms with Crippen LogP contribution in [0.25, 0.3) is 31.8 Å². The second kappa shape index (κ2) is 16.3. The maximum atomic E-state index is 14.7. The number of carbonyl (C=O) groups is 4. The summed E-state index contributed by atoms with van der Waals surface area (Å²) in [4.78, 5) is 72.2. The molecule has 1 saturated heterocycles. The SMILES string of the molecule is O=C(N[C@H]1COCCCC=C[C@@H]2C[C@@]2(C(=O)NS(=O)(=O)C2CC2)NC(=O)[C@@H]2C[C@@H](Oc3nc(-c4cccc(F)c4)nc4c3sc3ncccc34)CN2C1=O)OC1CCCC1. The van der Waals surface area contributed by atoms with Crippen LogP contribution in [0, 0.1) is 11.7 Å². The molecule has 3 aromatic heterocycles. The molecule has 5 heterocycles. The summed E-state index contributed by atoms with van der Waals surface area (Å²) in [6.07, 6.45) is 8.76. The van der Waals surface area contributed by atoms with Crippen molar-refractivity contribution in [2.24, 2.45) is 5.92 Å². The van der Waals surface area contributed by atoms with Gasteiger partial charge in [-0.3, -0.25) is 19.1 Å². The van der Waals surface area contributed by atoms with E-state index in [1.807, 2.05) is 12.1 Å². The number of alkyl carbamates (subject to hydrolysis) is 1. The molecule has 0 bridgehead atoms. The van der Waals surface area contributed by atoms with Gasteiger partial charge >= 0.3 is 6.09 Å². The highest BCUT2D eigenvalue weighted by atomic mass is 32.2. The Labute approximate surface area is 348 Å². The summed E-state index contributed by atoms with van der Waals surface area (Å²) >= 11 is 1.29. The van der Waals surface area contributed by atoms with E-state index in [1.54, 1.807) is 30.5 Å². The topological polar surface area (TPSA) is 208 Å². The van der Waals surface area contributed by atoms with E-state index in [1.165, 1.54) is 28.4 Å². The fourth-order valence-corrected chi connectivity index (χ4v) is 10.6. The highest BCUT2D eigenvalue weighted by Crippen LogP contribution is 2.46. The van der Waals surface area contributed by atoms with E-state index in [9.17, 15) is 32.0 Å². The Hall–Kier alpha value is -5.27. The number of nitrogens with one attached hydrogen (secondary N) is 3. The van der Waals surface area contributed by atoms with Gasteiger partial charge in [-0.2, -0.15) is 4.98 Å². The number of nitrogens with zero attached hydrogens (tertiary/aromatic N) is 4. The minimum absolute atomic E-state index is 0.0693. The molecule has 0 spiro atoms. The Morgan fingerprint density at radius 1 is 1.05 bits per heavy atom. The zero-order chi connectivity index (χ0) is 41.6. The van der Waals surface area contributed by atoms with Crippen LogP contribution in [-0.2, 0) is 33.9 Å². The number of halogens is 1. The average Bonchev–Trinajstić information content (AvgIpc) is 4.04. The summed E-state index contributed by atoms with van der Waals surface area (Å²) < 4.78 is 61.2. The molecule has 16 nitrogen and oxygen atoms in total. The van der Waals surface area contributed by atoms with Gasteiger partial charge in [0.2, 0.25) is 27.7 Å². The third-order valence-corrected chi connectivity index (χ3v) is 14.6. The highest BCUT2D eigenvalue weighted by molar-refractivity contribution is 7.91. The molecule has 60 heavy (non-hydrogen) atoms. The summed E-state index contributed by atoms with van der Waals surface area (Å²) in [5, 5.41) is 5.60. The van der Waals surface area contributed by atoms with Gasteiger partial charge < -0.3 is 29.7 Å². The van der Waals surface area contributed by atoms with E-state index in [0.717, 1.165) is 31.1 Å². The van der Waals surface area contributed by atoms with Crippen LogP contribution in [0.1, 0.15) is 64.2 Å². The quantitative estimate of drug-likeness (QED) is 0.212. The molecule has 1 aromatic carbocycles. The number of hydrogen-bond acceptors (Lipinski definition) is 13. The zero-order valence-corrected chi connectivity index (χ0v) is 34.1. The number of sulfonamides is 1. The predicted molar refractivity (Wildman–Crippen MR) is 217 cm³/mol. The molecular weight excluding hydrogens is 818 g/mol. The molecule has 316 valence electrons. The molecule has 0 radical (unpaired) electrons. The van der Waals surface area contributed by atoms with Crippen molar-refractivity contribution < 1.29 is 46.2 Å². The largest absolute Gasteiger partial charge is 0.471 e. The van der Waals surface area contributed by atoms with Crippen LogP contribution >= 0.6 is 11.3 Å². The number of thiophene rings is 1. The van der Waals surface area contributed by atoms with Gasteiger partial charge in [0.1, 0.15) is 45.2 Å². The number of ether oxygens (including phenoxy) is 3. The second-order valence-electron chi connectivity index (χ2n) is 16.1. The van der Waals surface area contributed by atoms with Gasteiger partial charge in [0.15, 0.2) is 5.82 Å². The molecular formula is C41H44FN7O9S2. The average molecular weight is 862 g/mol. The van der Waals surface area contributed by atoms with E-state index >= 15 is 0 Å². The van der Waals surface area contributed by atoms with Crippen LogP contribution in [0.4, 0.5) is 9.18 Å². The molecule has 4 amide bonds. The fraction of sp³-hybridized carbons (Fsp3) is 0.488. The lowest BCUT2D eigenvalue weighted by Gasteiger charge is -2.29. The maximum absolute atomic E-state index is 14.7. The smallest absolute Gasteiger partial charge is 0.408 e. The zero-order valence-electron chi connectivity index (χ0n) is 32.5. The van der Waals surface area contributed by atoms with Crippen molar-refractivity contribution >= 4 is 65.6 Å². The third kappa shape index (κ3) is 8.26. The first-order valence-corrected chi connectivity index (χ1v) is 22.7. The number of rotatable bonds is 8. The molecule has 3 saturated carbocycles. The lowest BCUT2D eigenvalue weighted by Crippen LogP contribution is -2.59. The van der Waals surface area contributed by atoms with E-state index in [0.29, 0.717) is 46.3 Å². The summed E-state index contributed by atoms with van der Waals surface area (Å²) in [5.74, 6) is -2.85. The molecule has 19 heteroatoms. The first-order valence-electron chi connectivity index (χ1n) is 20.4. The molecule has 3 aliphatic carbocycles. The molecule has 4 aromatic rings. The second-order valence-corrected chi connectivity index (χ2v) is 19.0. The lowest BCUT2D eigenvalue weighted by molar-refractivity contribution is -0.142. The molecule has 5 atom stereocenters. The lowest BCUT2D eigenvalue weighted by atomic mass is 10.1. The van der Waals surface area contributed by atoms with Crippen molar-refractivity contribution in [1.82, 2.24) is 35.2 Å². The van der Waals surface area contributed by atoms with Crippen molar-refractivity contribution in [3.63, 3.8) is 0 Å². The van der Waals surface area contributed by atoms with Gasteiger partial charge in [0.25, 0.3) is 5.91 Å². The highest BCUT2D eigenvalue weighted by Gasteiger charge is 2.62. The monoisotopic (exact) mass is 861 g/mol. The van der Waals surface area contributed by atoms with Gasteiger partial charge in [-0.25, -0.2) is 27.6 Å². The first-order chi connectivity index (χ1) is 29.0. The van der Waals surface area contributed by atoms with E-state index in [-0.39, 0.29) is 50.4 Å². The van der Waals surface area contributed by atoms with Gasteiger partial charge in [-0.05, 0) is 82.1 Å². The van der Waals surface area contributed by atoms with E-state index in [2.05, 4.69) is 20.3 Å². The molecule has 0 unspecified atom stereocenters. The molecule has 4 fully saturated rings. The number of allylic oxidation sites excluding steroid dienone is 1. The predicted octanol–water partition coefficient (Wildman–Crippen LogP) is 4.28. The molecule has 3 N–H and O–H groups in total. The Balaban J connectivity index is 1.05. The number of benzene rings is 1. The molecule has 9 rings (SSSR count). The normalized spacial score (nSPS) is 26.4. The summed E-state index contributed by atoms with van der Waals surface area (Å²) in [5.41, 5.74) is -0.652. The van der Waals surface area contributed by atoms with E-state index < -0.39 is 74.5 Å². The fourth-order valence-electron chi connectivity index (χ4n) is 8.26. The van der Waals surface area contributed by atoms with Crippen molar-refractivity contribution in [2.75, 3.05) is 19.8 Å². The number of hydrogen-bond donors (Lipinski definition) is 3. The van der Waals surface area contributed by atoms with Gasteiger partial charge in [0, 0.05) is 36.1 Å². The van der Waals surface area contributed by atoms with E-state index in [4.69, 9.17) is 24.2 Å². The Bertz CT molecular complexity index is 2490. The van der Waals surface area contributed by atoms with Crippen molar-refractivity contribution in [2.45, 2.75) is 99.3 Å². The van der Waals surface area contributed by atoms with Gasteiger partial charge in [0.05, 0.1) is 23.9 Å². The summed E-state index contributed by atoms with van der Waals surface area (Å²) in [6.45, 7) is -0.0998. The van der Waals surface area contributed by atoms with Crippen molar-refractivity contribution in [3.8, 4) is 17.3 Å². The third-order valence-electron chi connectivity index (χ3n) is 11.7. The van der Waals surface area contributed by atoms with Crippen LogP contribution < -0.4 is 20.1 Å². The molecule has 2 aliphatic heterocycles. The number of aromatic nitrogens is 3. The van der Waals surface area contributed by atoms with Crippen molar-refractivity contribution in [1.29, 1.82) is 0 Å². The Kier molecular flexibility index (Phi) is 10.9. The maximum Gasteiger partial charge on any atom is 0.408 e. The first kappa shape index (κ1) is 40.2. The number of amides is 4. The minimum Gasteiger partial charge on any atom is -0.471 e. The number of fused-ring (bicyclic) bond motifs is 5. The molecule has 5 aliphatic rings. The minimum atomic E-state index is -3.95. The van der Waals surface area contributed by atoms with Crippen LogP contribution in [0.5, 0.6) is 5.88 Å². The van der Waals surface area contributed by atoms with Crippen LogP contribution in [0.2, 0.25) is 0 Å². The van der Waals surface area contributed by atoms with Crippen LogP contribution in [0.3, 0.4) is 0 Å². The number of pyridine rings is 1. The van der Waals surface area contributed by atoms with Crippen molar-refractivity contribution in [3.05, 3.63) is 60.6 Å². The summed E-state index contributed by atoms with van der Waals surface area (Å²) in [7, 11) is -3.95.